The number of nitrogens with one attached hydrogen (secondary N) is 3. The summed E-state index contributed by atoms with van der Waals surface area (Å²) in [5.41, 5.74) is 0.832. The van der Waals surface area contributed by atoms with E-state index in [4.69, 9.17) is 4.74 Å². The quantitative estimate of drug-likeness (QED) is 0.0925. The number of imide groups is 1. The van der Waals surface area contributed by atoms with E-state index in [0.717, 1.165) is 48.8 Å². The van der Waals surface area contributed by atoms with Crippen LogP contribution in [0.3, 0.4) is 0 Å². The smallest absolute Gasteiger partial charge is 0.416 e. The number of nitrogens with zero attached hydrogens (tertiary/aromatic N) is 2. The predicted molar refractivity (Wildman–Crippen MR) is 205 cm³/mol. The van der Waals surface area contributed by atoms with E-state index in [1.165, 1.54) is 17.0 Å². The predicted octanol–water partition coefficient (Wildman–Crippen LogP) is 5.96. The molecule has 5 rings (SSSR count). The topological polar surface area (TPSA) is 154 Å². The van der Waals surface area contributed by atoms with Gasteiger partial charge in [0.05, 0.1) is 16.7 Å². The Kier molecular flexibility index (Phi) is 15.2. The molecule has 12 nitrogen and oxygen atoms in total. The van der Waals surface area contributed by atoms with Crippen molar-refractivity contribution in [2.75, 3.05) is 45.6 Å². The number of aldehydes is 2. The first-order valence-corrected chi connectivity index (χ1v) is 17.9. The summed E-state index contributed by atoms with van der Waals surface area (Å²) in [4.78, 5) is 72.2. The molecule has 56 heavy (non-hydrogen) atoms. The minimum Gasteiger partial charge on any atom is -0.457 e. The van der Waals surface area contributed by atoms with Crippen molar-refractivity contribution >= 4 is 53.2 Å². The van der Waals surface area contributed by atoms with Crippen molar-refractivity contribution in [2.45, 2.75) is 38.4 Å². The minimum atomic E-state index is -4.38. The molecule has 1 aliphatic rings. The lowest BCUT2D eigenvalue weighted by Gasteiger charge is -2.39. The Bertz CT molecular complexity index is 2020. The van der Waals surface area contributed by atoms with Crippen molar-refractivity contribution in [3.63, 3.8) is 0 Å². The van der Waals surface area contributed by atoms with Crippen LogP contribution >= 0.6 is 0 Å². The van der Waals surface area contributed by atoms with Gasteiger partial charge in [-0.15, -0.1) is 0 Å². The number of hydrogen-bond acceptors (Lipinski definition) is 9. The molecule has 1 fully saturated rings. The first-order valence-electron chi connectivity index (χ1n) is 17.9. The molecule has 3 N–H and O–H groups in total. The largest absolute Gasteiger partial charge is 0.457 e. The molecule has 1 saturated heterocycles. The summed E-state index contributed by atoms with van der Waals surface area (Å²) in [5.74, 6) is 0.551. The number of likely N-dealkylation sites (tertiary alicyclic amines) is 1. The lowest BCUT2D eigenvalue weighted by molar-refractivity contribution is -0.137. The molecule has 296 valence electrons. The van der Waals surface area contributed by atoms with E-state index in [1.807, 2.05) is 35.5 Å². The van der Waals surface area contributed by atoms with Gasteiger partial charge in [-0.25, -0.2) is 0 Å². The summed E-state index contributed by atoms with van der Waals surface area (Å²) in [5, 5.41) is 9.75. The molecule has 4 aromatic carbocycles. The number of rotatable bonds is 16. The van der Waals surface area contributed by atoms with Crippen molar-refractivity contribution in [1.82, 2.24) is 20.4 Å². The molecule has 0 aromatic heterocycles. The number of fused-ring (bicyclic) bond motifs is 1. The number of benzene rings is 4. The normalized spacial score (nSPS) is 13.0. The molecule has 1 unspecified atom stereocenters. The molecule has 1 atom stereocenters. The fourth-order valence-electron chi connectivity index (χ4n) is 6.01. The summed E-state index contributed by atoms with van der Waals surface area (Å²) in [6.45, 7) is 4.52. The van der Waals surface area contributed by atoms with Crippen molar-refractivity contribution in [3.05, 3.63) is 101 Å². The molecule has 0 aliphatic carbocycles. The van der Waals surface area contributed by atoms with Crippen LogP contribution in [0.25, 0.3) is 10.8 Å². The molecule has 1 heterocycles. The zero-order valence-electron chi connectivity index (χ0n) is 31.2. The molecule has 15 heteroatoms. The molecule has 0 saturated carbocycles. The van der Waals surface area contributed by atoms with Crippen LogP contribution in [0.4, 0.5) is 18.9 Å². The maximum Gasteiger partial charge on any atom is 0.416 e. The summed E-state index contributed by atoms with van der Waals surface area (Å²) in [6, 6.07) is 20.0. The lowest BCUT2D eigenvalue weighted by atomic mass is 9.98. The van der Waals surface area contributed by atoms with E-state index in [2.05, 4.69) is 10.6 Å². The highest BCUT2D eigenvalue weighted by atomic mass is 19.4. The Morgan fingerprint density at radius 1 is 0.982 bits per heavy atom. The number of anilines is 1. The maximum absolute atomic E-state index is 12.7. The fourth-order valence-corrected chi connectivity index (χ4v) is 6.01. The van der Waals surface area contributed by atoms with Crippen LogP contribution in [-0.2, 0) is 20.6 Å². The zero-order chi connectivity index (χ0) is 40.8. The van der Waals surface area contributed by atoms with Gasteiger partial charge in [-0.3, -0.25) is 29.3 Å². The standard InChI is InChI=1S/C23H21F3N2O2.C18H23N3O5/c1-27-12-15-13-28(14-15)22(29)17-5-10-20-16(11-17)3-2-4-21(20)30-19-8-6-18(7-9-19)23(24,25)26;1-13(7-8-17(25)20-12-24)21(2)18(26)14-5-3-6-16(15(14)11-23)19-9-4-10-22/h2-11,15,27H,12-14H2,1H3;3,5-6,10-13,19H,4,7-9H2,1-2H3,(H,20,24,25). The van der Waals surface area contributed by atoms with Crippen molar-refractivity contribution < 1.29 is 46.7 Å². The third-order valence-corrected chi connectivity index (χ3v) is 9.26. The van der Waals surface area contributed by atoms with E-state index >= 15 is 0 Å². The number of halogens is 3. The van der Waals surface area contributed by atoms with Crippen LogP contribution in [-0.4, -0.2) is 92.8 Å². The van der Waals surface area contributed by atoms with Gasteiger partial charge in [0.2, 0.25) is 12.3 Å². The third kappa shape index (κ3) is 11.2. The molecule has 0 spiro atoms. The second-order valence-electron chi connectivity index (χ2n) is 13.2. The number of ether oxygens (including phenoxy) is 1. The third-order valence-electron chi connectivity index (χ3n) is 9.26. The summed E-state index contributed by atoms with van der Waals surface area (Å²) >= 11 is 0. The number of carbonyl (C=O) groups is 6. The van der Waals surface area contributed by atoms with Crippen LogP contribution in [0, 0.1) is 5.92 Å². The zero-order valence-corrected chi connectivity index (χ0v) is 31.2. The Morgan fingerprint density at radius 3 is 2.34 bits per heavy atom. The molecule has 0 radical (unpaired) electrons. The van der Waals surface area contributed by atoms with Crippen LogP contribution < -0.4 is 20.7 Å². The Balaban J connectivity index is 0.000000252. The average molecular weight is 776 g/mol. The van der Waals surface area contributed by atoms with E-state index < -0.39 is 17.6 Å². The van der Waals surface area contributed by atoms with Crippen LogP contribution in [0.15, 0.2) is 78.9 Å². The highest BCUT2D eigenvalue weighted by Gasteiger charge is 2.31. The molecule has 0 bridgehead atoms. The SMILES string of the molecule is CC(CCC(=O)NC=O)N(C)C(=O)c1cccc(NCCC=O)c1C=O.CNCC1CN(C(=O)c2ccc3c(Oc4ccc(C(F)(F)F)cc4)cccc3c2)C1. The second kappa shape index (κ2) is 20.0. The molecular formula is C41H44F3N5O7. The van der Waals surface area contributed by atoms with Gasteiger partial charge in [0, 0.05) is 74.7 Å². The van der Waals surface area contributed by atoms with Gasteiger partial charge >= 0.3 is 6.18 Å². The number of hydrogen-bond donors (Lipinski definition) is 3. The number of alkyl halides is 3. The van der Waals surface area contributed by atoms with Gasteiger partial charge in [0.25, 0.3) is 11.8 Å². The minimum absolute atomic E-state index is 0.00156. The van der Waals surface area contributed by atoms with Gasteiger partial charge in [0.15, 0.2) is 6.29 Å². The van der Waals surface area contributed by atoms with Crippen molar-refractivity contribution in [1.29, 1.82) is 0 Å². The van der Waals surface area contributed by atoms with E-state index in [0.29, 0.717) is 54.3 Å². The lowest BCUT2D eigenvalue weighted by Crippen LogP contribution is -2.52. The van der Waals surface area contributed by atoms with Gasteiger partial charge in [-0.1, -0.05) is 18.2 Å². The van der Waals surface area contributed by atoms with Gasteiger partial charge in [-0.2, -0.15) is 13.2 Å². The molecular weight excluding hydrogens is 731 g/mol. The average Bonchev–Trinajstić information content (AvgIpc) is 3.17. The van der Waals surface area contributed by atoms with Gasteiger partial charge in [-0.05, 0) is 86.4 Å². The van der Waals surface area contributed by atoms with Crippen molar-refractivity contribution in [3.8, 4) is 11.5 Å². The summed E-state index contributed by atoms with van der Waals surface area (Å²) in [6.07, 6.45) is -1.94. The monoisotopic (exact) mass is 775 g/mol. The van der Waals surface area contributed by atoms with Crippen molar-refractivity contribution in [2.24, 2.45) is 5.92 Å². The number of amides is 4. The highest BCUT2D eigenvalue weighted by molar-refractivity contribution is 6.04. The second-order valence-corrected chi connectivity index (χ2v) is 13.2. The van der Waals surface area contributed by atoms with Crippen LogP contribution in [0.5, 0.6) is 11.5 Å². The Labute approximate surface area is 322 Å². The van der Waals surface area contributed by atoms with Gasteiger partial charge in [0.1, 0.15) is 17.8 Å². The van der Waals surface area contributed by atoms with E-state index in [1.54, 1.807) is 50.4 Å². The van der Waals surface area contributed by atoms with Crippen LogP contribution in [0.2, 0.25) is 0 Å². The van der Waals surface area contributed by atoms with E-state index in [-0.39, 0.29) is 41.8 Å². The van der Waals surface area contributed by atoms with Crippen LogP contribution in [0.1, 0.15) is 62.8 Å². The maximum atomic E-state index is 12.7. The Hall–Kier alpha value is -6.09. The Morgan fingerprint density at radius 2 is 1.70 bits per heavy atom. The highest BCUT2D eigenvalue weighted by Crippen LogP contribution is 2.34. The van der Waals surface area contributed by atoms with E-state index in [9.17, 15) is 41.9 Å². The molecule has 4 amide bonds. The first-order chi connectivity index (χ1) is 26.8. The fraction of sp³-hybridized carbons (Fsp3) is 0.317. The number of carbonyl (C=O) groups excluding carboxylic acids is 6. The summed E-state index contributed by atoms with van der Waals surface area (Å²) < 4.78 is 44.0. The van der Waals surface area contributed by atoms with Gasteiger partial charge < -0.3 is 30.0 Å². The first kappa shape index (κ1) is 42.6. The molecule has 1 aliphatic heterocycles. The molecule has 4 aromatic rings. The summed E-state index contributed by atoms with van der Waals surface area (Å²) in [7, 11) is 3.49.